The van der Waals surface area contributed by atoms with E-state index in [4.69, 9.17) is 21.1 Å². The monoisotopic (exact) mass is 400 g/mol. The molecular weight excluding hydrogens is 385 g/mol. The van der Waals surface area contributed by atoms with Crippen LogP contribution in [0.25, 0.3) is 0 Å². The second-order valence-electron chi connectivity index (χ2n) is 6.27. The van der Waals surface area contributed by atoms with E-state index in [1.807, 2.05) is 13.8 Å². The van der Waals surface area contributed by atoms with Gasteiger partial charge in [-0.3, -0.25) is 5.32 Å². The number of anilines is 1. The van der Waals surface area contributed by atoms with Gasteiger partial charge in [-0.15, -0.1) is 0 Å². The number of alkyl halides is 3. The maximum absolute atomic E-state index is 13.6. The Bertz CT molecular complexity index is 856. The van der Waals surface area contributed by atoms with Gasteiger partial charge in [0.05, 0.1) is 0 Å². The SMILES string of the molecule is CC(C)c1ccc(NC(=O)N[C@]2(C(F)(F)F)Oc3ccc(Cl)cc3O2)cc1. The number of benzene rings is 2. The van der Waals surface area contributed by atoms with Crippen LogP contribution >= 0.6 is 11.6 Å². The Morgan fingerprint density at radius 3 is 2.30 bits per heavy atom. The van der Waals surface area contributed by atoms with Crippen molar-refractivity contribution in [3.05, 3.63) is 53.1 Å². The predicted octanol–water partition coefficient (Wildman–Crippen LogP) is 5.27. The van der Waals surface area contributed by atoms with Gasteiger partial charge >= 0.3 is 18.1 Å². The molecule has 0 saturated heterocycles. The van der Waals surface area contributed by atoms with Crippen molar-refractivity contribution in [1.82, 2.24) is 5.32 Å². The number of ether oxygens (including phenoxy) is 2. The van der Waals surface area contributed by atoms with Gasteiger partial charge in [-0.05, 0) is 35.7 Å². The highest BCUT2D eigenvalue weighted by Gasteiger charge is 2.65. The fourth-order valence-corrected chi connectivity index (χ4v) is 2.64. The maximum Gasteiger partial charge on any atom is 0.492 e. The van der Waals surface area contributed by atoms with Crippen molar-refractivity contribution in [3.63, 3.8) is 0 Å². The highest BCUT2D eigenvalue weighted by atomic mass is 35.5. The summed E-state index contributed by atoms with van der Waals surface area (Å²) < 4.78 is 50.6. The summed E-state index contributed by atoms with van der Waals surface area (Å²) in [6.07, 6.45) is -5.04. The maximum atomic E-state index is 13.6. The minimum absolute atomic E-state index is 0.171. The number of carbonyl (C=O) groups excluding carboxylic acids is 1. The second kappa shape index (κ2) is 6.84. The first kappa shape index (κ1) is 19.2. The molecular formula is C18H16ClF3N2O3. The van der Waals surface area contributed by atoms with E-state index < -0.39 is 18.1 Å². The molecule has 0 bridgehead atoms. The Balaban J connectivity index is 1.77. The van der Waals surface area contributed by atoms with Gasteiger partial charge in [0.15, 0.2) is 11.5 Å². The number of hydrogen-bond acceptors (Lipinski definition) is 3. The Morgan fingerprint density at radius 1 is 1.07 bits per heavy atom. The second-order valence-corrected chi connectivity index (χ2v) is 6.70. The van der Waals surface area contributed by atoms with Gasteiger partial charge in [-0.2, -0.15) is 13.2 Å². The topological polar surface area (TPSA) is 59.6 Å². The number of fused-ring (bicyclic) bond motifs is 1. The highest BCUT2D eigenvalue weighted by Crippen LogP contribution is 2.46. The average molecular weight is 401 g/mol. The lowest BCUT2D eigenvalue weighted by molar-refractivity contribution is -0.317. The quantitative estimate of drug-likeness (QED) is 0.737. The van der Waals surface area contributed by atoms with E-state index in [2.05, 4.69) is 5.32 Å². The van der Waals surface area contributed by atoms with Gasteiger partial charge in [0.2, 0.25) is 0 Å². The van der Waals surface area contributed by atoms with E-state index >= 15 is 0 Å². The normalized spacial score (nSPS) is 18.5. The van der Waals surface area contributed by atoms with Crippen molar-refractivity contribution in [3.8, 4) is 11.5 Å². The fourth-order valence-electron chi connectivity index (χ4n) is 2.48. The number of urea groups is 1. The molecule has 2 N–H and O–H groups in total. The Hall–Kier alpha value is -2.61. The van der Waals surface area contributed by atoms with Crippen molar-refractivity contribution in [1.29, 1.82) is 0 Å². The first-order valence-electron chi connectivity index (χ1n) is 8.03. The van der Waals surface area contributed by atoms with E-state index in [9.17, 15) is 18.0 Å². The Morgan fingerprint density at radius 2 is 1.70 bits per heavy atom. The molecule has 9 heteroatoms. The van der Waals surface area contributed by atoms with Crippen LogP contribution in [-0.4, -0.2) is 18.1 Å². The summed E-state index contributed by atoms with van der Waals surface area (Å²) in [5.41, 5.74) is 1.36. The first-order chi connectivity index (χ1) is 12.6. The third-order valence-electron chi connectivity index (χ3n) is 3.90. The predicted molar refractivity (Wildman–Crippen MR) is 94.2 cm³/mol. The molecule has 0 radical (unpaired) electrons. The molecule has 0 saturated carbocycles. The Labute approximate surface area is 158 Å². The van der Waals surface area contributed by atoms with Gasteiger partial charge in [0.1, 0.15) is 0 Å². The summed E-state index contributed by atoms with van der Waals surface area (Å²) >= 11 is 5.76. The van der Waals surface area contributed by atoms with Gasteiger partial charge in [0.25, 0.3) is 0 Å². The number of hydrogen-bond donors (Lipinski definition) is 2. The van der Waals surface area contributed by atoms with Gasteiger partial charge in [-0.1, -0.05) is 37.6 Å². The van der Waals surface area contributed by atoms with E-state index in [-0.39, 0.29) is 22.4 Å². The third kappa shape index (κ3) is 3.90. The molecule has 0 unspecified atom stereocenters. The van der Waals surface area contributed by atoms with Crippen LogP contribution in [0.15, 0.2) is 42.5 Å². The summed E-state index contributed by atoms with van der Waals surface area (Å²) in [7, 11) is 0. The lowest BCUT2D eigenvalue weighted by atomic mass is 10.0. The van der Waals surface area contributed by atoms with Crippen molar-refractivity contribution in [2.24, 2.45) is 0 Å². The minimum Gasteiger partial charge on any atom is -0.424 e. The molecule has 1 atom stereocenters. The number of halogens is 4. The molecule has 27 heavy (non-hydrogen) atoms. The van der Waals surface area contributed by atoms with Gasteiger partial charge in [0, 0.05) is 16.8 Å². The molecule has 5 nitrogen and oxygen atoms in total. The zero-order valence-electron chi connectivity index (χ0n) is 14.4. The molecule has 1 heterocycles. The van der Waals surface area contributed by atoms with Crippen molar-refractivity contribution < 1.29 is 27.4 Å². The smallest absolute Gasteiger partial charge is 0.424 e. The summed E-state index contributed by atoms with van der Waals surface area (Å²) in [6.45, 7) is 4.00. The molecule has 0 spiro atoms. The molecule has 3 rings (SSSR count). The molecule has 1 aliphatic rings. The van der Waals surface area contributed by atoms with Gasteiger partial charge < -0.3 is 14.8 Å². The largest absolute Gasteiger partial charge is 0.492 e. The molecule has 0 aliphatic carbocycles. The summed E-state index contributed by atoms with van der Waals surface area (Å²) in [4.78, 5) is 12.1. The number of amides is 2. The van der Waals surface area contributed by atoms with Crippen LogP contribution < -0.4 is 20.1 Å². The van der Waals surface area contributed by atoms with E-state index in [0.29, 0.717) is 5.69 Å². The molecule has 2 amide bonds. The number of nitrogens with one attached hydrogen (secondary N) is 2. The zero-order valence-corrected chi connectivity index (χ0v) is 15.1. The third-order valence-corrected chi connectivity index (χ3v) is 4.13. The van der Waals surface area contributed by atoms with Crippen molar-refractivity contribution in [2.75, 3.05) is 5.32 Å². The van der Waals surface area contributed by atoms with E-state index in [1.165, 1.54) is 18.2 Å². The Kier molecular flexibility index (Phi) is 4.86. The summed E-state index contributed by atoms with van der Waals surface area (Å²) in [5.74, 6) is -3.46. The molecule has 0 aromatic heterocycles. The summed E-state index contributed by atoms with van der Waals surface area (Å²) in [5, 5.41) is 4.23. The van der Waals surface area contributed by atoms with Crippen LogP contribution in [0.3, 0.4) is 0 Å². The average Bonchev–Trinajstić information content (AvgIpc) is 2.93. The van der Waals surface area contributed by atoms with Crippen LogP contribution in [0.1, 0.15) is 25.3 Å². The molecule has 1 aliphatic heterocycles. The highest BCUT2D eigenvalue weighted by molar-refractivity contribution is 6.30. The van der Waals surface area contributed by atoms with Crippen molar-refractivity contribution >= 4 is 23.3 Å². The fraction of sp³-hybridized carbons (Fsp3) is 0.278. The van der Waals surface area contributed by atoms with Crippen LogP contribution in [0.4, 0.5) is 23.7 Å². The van der Waals surface area contributed by atoms with Crippen LogP contribution in [0.5, 0.6) is 11.5 Å². The lowest BCUT2D eigenvalue weighted by Crippen LogP contribution is -2.65. The first-order valence-corrected chi connectivity index (χ1v) is 8.41. The van der Waals surface area contributed by atoms with E-state index in [0.717, 1.165) is 5.56 Å². The van der Waals surface area contributed by atoms with Gasteiger partial charge in [-0.25, -0.2) is 4.79 Å². The number of rotatable bonds is 3. The number of carbonyl (C=O) groups is 1. The molecule has 2 aromatic rings. The van der Waals surface area contributed by atoms with Crippen molar-refractivity contribution in [2.45, 2.75) is 31.9 Å². The van der Waals surface area contributed by atoms with E-state index in [1.54, 1.807) is 29.6 Å². The lowest BCUT2D eigenvalue weighted by Gasteiger charge is -2.29. The van der Waals surface area contributed by atoms with Crippen LogP contribution in [0.2, 0.25) is 5.02 Å². The molecule has 144 valence electrons. The standard InChI is InChI=1S/C18H16ClF3N2O3/c1-10(2)11-3-6-13(7-4-11)23-16(25)24-18(17(20,21)22)26-14-8-5-12(19)9-15(14)27-18/h3-10H,1-2H3,(H2,23,24,25)/t18-/m1/s1. The molecule has 0 fully saturated rings. The van der Waals surface area contributed by atoms with Crippen LogP contribution in [0, 0.1) is 0 Å². The summed E-state index contributed by atoms with van der Waals surface area (Å²) in [6, 6.07) is 9.38. The van der Waals surface area contributed by atoms with Crippen LogP contribution in [-0.2, 0) is 0 Å². The molecule has 2 aromatic carbocycles. The minimum atomic E-state index is -5.04. The zero-order chi connectivity index (χ0) is 19.8.